The molecule has 0 spiro atoms. The van der Waals surface area contributed by atoms with Crippen LogP contribution in [0.1, 0.15) is 46.0 Å². The van der Waals surface area contributed by atoms with Crippen molar-refractivity contribution in [1.82, 2.24) is 16.0 Å². The number of nitrogens with zero attached hydrogens (tertiary/aromatic N) is 1. The summed E-state index contributed by atoms with van der Waals surface area (Å²) < 4.78 is 0. The topological polar surface area (TPSA) is 273 Å². The van der Waals surface area contributed by atoms with Gasteiger partial charge < -0.3 is 48.5 Å². The monoisotopic (exact) mass is 503 g/mol. The van der Waals surface area contributed by atoms with Crippen LogP contribution in [0.2, 0.25) is 0 Å². The second-order valence-electron chi connectivity index (χ2n) is 8.00. The van der Waals surface area contributed by atoms with Gasteiger partial charge in [0.15, 0.2) is 5.96 Å². The van der Waals surface area contributed by atoms with Gasteiger partial charge in [-0.25, -0.2) is 4.79 Å². The molecule has 200 valence electrons. The van der Waals surface area contributed by atoms with Crippen molar-refractivity contribution < 1.29 is 39.3 Å². The Bertz CT molecular complexity index is 773. The van der Waals surface area contributed by atoms with Crippen molar-refractivity contribution in [3.8, 4) is 0 Å². The highest BCUT2D eigenvalue weighted by atomic mass is 16.4. The lowest BCUT2D eigenvalue weighted by molar-refractivity contribution is -0.144. The third-order valence-corrected chi connectivity index (χ3v) is 5.18. The van der Waals surface area contributed by atoms with Gasteiger partial charge in [0.2, 0.25) is 17.7 Å². The van der Waals surface area contributed by atoms with Crippen molar-refractivity contribution in [3.05, 3.63) is 0 Å². The zero-order chi connectivity index (χ0) is 27.1. The predicted octanol–water partition coefficient (Wildman–Crippen LogP) is -3.19. The standard InChI is InChI=1S/C20H37N7O8/c1-3-10(2)15(19(34)35)27-17(32)12(5-4-8-24-20(22)23)25-18(33)13(9-28)26-16(31)11(21)6-7-14(29)30/h10-13,15,28H,3-9,21H2,1-2H3,(H,25,33)(H,26,31)(H,27,32)(H,29,30)(H,34,35)(H4,22,23,24). The number of amides is 3. The van der Waals surface area contributed by atoms with Gasteiger partial charge in [0.25, 0.3) is 0 Å². The van der Waals surface area contributed by atoms with Crippen LogP contribution >= 0.6 is 0 Å². The van der Waals surface area contributed by atoms with Gasteiger partial charge in [-0.15, -0.1) is 0 Å². The molecule has 0 rings (SSSR count). The zero-order valence-corrected chi connectivity index (χ0v) is 19.9. The van der Waals surface area contributed by atoms with Crippen molar-refractivity contribution in [2.24, 2.45) is 28.1 Å². The Morgan fingerprint density at radius 3 is 1.97 bits per heavy atom. The number of carboxylic acid groups (broad SMARTS) is 2. The maximum atomic E-state index is 12.8. The molecule has 0 aromatic heterocycles. The summed E-state index contributed by atoms with van der Waals surface area (Å²) in [6.45, 7) is 2.71. The highest BCUT2D eigenvalue weighted by molar-refractivity contribution is 5.94. The fourth-order valence-electron chi connectivity index (χ4n) is 2.86. The molecule has 3 amide bonds. The van der Waals surface area contributed by atoms with Crippen LogP contribution in [0.25, 0.3) is 0 Å². The molecule has 0 aromatic carbocycles. The van der Waals surface area contributed by atoms with Gasteiger partial charge >= 0.3 is 11.9 Å². The van der Waals surface area contributed by atoms with Crippen LogP contribution in [-0.2, 0) is 24.0 Å². The van der Waals surface area contributed by atoms with Crippen LogP contribution in [0.4, 0.5) is 0 Å². The Balaban J connectivity index is 5.42. The third kappa shape index (κ3) is 12.5. The molecule has 5 atom stereocenters. The lowest BCUT2D eigenvalue weighted by Crippen LogP contribution is -2.58. The molecule has 0 radical (unpaired) electrons. The molecule has 12 N–H and O–H groups in total. The van der Waals surface area contributed by atoms with Gasteiger partial charge in [0.1, 0.15) is 18.1 Å². The molecule has 15 nitrogen and oxygen atoms in total. The van der Waals surface area contributed by atoms with E-state index in [9.17, 15) is 34.2 Å². The van der Waals surface area contributed by atoms with Gasteiger partial charge in [-0.1, -0.05) is 20.3 Å². The molecule has 35 heavy (non-hydrogen) atoms. The summed E-state index contributed by atoms with van der Waals surface area (Å²) in [4.78, 5) is 63.7. The second-order valence-corrected chi connectivity index (χ2v) is 8.00. The van der Waals surface area contributed by atoms with Crippen molar-refractivity contribution in [2.45, 2.75) is 70.1 Å². The molecule has 0 bridgehead atoms. The van der Waals surface area contributed by atoms with Gasteiger partial charge in [0.05, 0.1) is 12.6 Å². The highest BCUT2D eigenvalue weighted by Crippen LogP contribution is 2.09. The molecule has 0 heterocycles. The lowest BCUT2D eigenvalue weighted by Gasteiger charge is -2.26. The van der Waals surface area contributed by atoms with Crippen molar-refractivity contribution >= 4 is 35.6 Å². The Kier molecular flexibility index (Phi) is 14.6. The summed E-state index contributed by atoms with van der Waals surface area (Å²) in [5.41, 5.74) is 16.1. The Hall–Kier alpha value is -3.46. The molecule has 0 aliphatic rings. The van der Waals surface area contributed by atoms with E-state index in [1.54, 1.807) is 13.8 Å². The summed E-state index contributed by atoms with van der Waals surface area (Å²) in [6.07, 6.45) is 0.172. The first kappa shape index (κ1) is 31.5. The molecule has 0 aliphatic carbocycles. The largest absolute Gasteiger partial charge is 0.481 e. The number of carbonyl (C=O) groups excluding carboxylic acids is 3. The fourth-order valence-corrected chi connectivity index (χ4v) is 2.86. The van der Waals surface area contributed by atoms with Crippen LogP contribution in [0.5, 0.6) is 0 Å². The number of hydrogen-bond donors (Lipinski definition) is 9. The summed E-state index contributed by atoms with van der Waals surface area (Å²) in [6, 6.07) is -5.16. The Morgan fingerprint density at radius 2 is 1.49 bits per heavy atom. The maximum absolute atomic E-state index is 12.8. The van der Waals surface area contributed by atoms with E-state index >= 15 is 0 Å². The quantitative estimate of drug-likeness (QED) is 0.0541. The number of aliphatic imine (C=N–C) groups is 1. The summed E-state index contributed by atoms with van der Waals surface area (Å²) in [5, 5.41) is 34.7. The first-order chi connectivity index (χ1) is 16.3. The molecule has 0 aromatic rings. The first-order valence-electron chi connectivity index (χ1n) is 11.1. The number of carbonyl (C=O) groups is 5. The van der Waals surface area contributed by atoms with Crippen LogP contribution in [0.15, 0.2) is 4.99 Å². The third-order valence-electron chi connectivity index (χ3n) is 5.18. The maximum Gasteiger partial charge on any atom is 0.326 e. The molecule has 15 heteroatoms. The van der Waals surface area contributed by atoms with Crippen molar-refractivity contribution in [3.63, 3.8) is 0 Å². The molecular weight excluding hydrogens is 466 g/mol. The van der Waals surface area contributed by atoms with Crippen LogP contribution in [0, 0.1) is 5.92 Å². The number of aliphatic hydroxyl groups is 1. The van der Waals surface area contributed by atoms with Crippen LogP contribution in [-0.4, -0.2) is 88.3 Å². The molecule has 5 unspecified atom stereocenters. The van der Waals surface area contributed by atoms with Gasteiger partial charge in [-0.3, -0.25) is 24.2 Å². The smallest absolute Gasteiger partial charge is 0.326 e. The molecule has 0 saturated heterocycles. The van der Waals surface area contributed by atoms with Gasteiger partial charge in [0, 0.05) is 13.0 Å². The predicted molar refractivity (Wildman–Crippen MR) is 125 cm³/mol. The zero-order valence-electron chi connectivity index (χ0n) is 19.9. The number of aliphatic carboxylic acids is 2. The van der Waals surface area contributed by atoms with Crippen LogP contribution in [0.3, 0.4) is 0 Å². The Labute approximate surface area is 202 Å². The molecular formula is C20H37N7O8. The van der Waals surface area contributed by atoms with E-state index in [1.165, 1.54) is 0 Å². The number of hydrogen-bond acceptors (Lipinski definition) is 8. The molecule has 0 saturated carbocycles. The number of guanidine groups is 1. The van der Waals surface area contributed by atoms with E-state index in [0.29, 0.717) is 6.42 Å². The van der Waals surface area contributed by atoms with E-state index in [1.807, 2.05) is 0 Å². The van der Waals surface area contributed by atoms with E-state index in [4.69, 9.17) is 22.3 Å². The first-order valence-corrected chi connectivity index (χ1v) is 11.1. The average Bonchev–Trinajstić information content (AvgIpc) is 2.79. The van der Waals surface area contributed by atoms with Crippen molar-refractivity contribution in [2.75, 3.05) is 13.2 Å². The fraction of sp³-hybridized carbons (Fsp3) is 0.700. The number of aliphatic hydroxyl groups excluding tert-OH is 1. The van der Waals surface area contributed by atoms with E-state index in [0.717, 1.165) is 0 Å². The lowest BCUT2D eigenvalue weighted by atomic mass is 9.98. The summed E-state index contributed by atoms with van der Waals surface area (Å²) in [5.74, 6) is -5.53. The minimum absolute atomic E-state index is 0.0193. The summed E-state index contributed by atoms with van der Waals surface area (Å²) >= 11 is 0. The van der Waals surface area contributed by atoms with Gasteiger partial charge in [-0.05, 0) is 25.2 Å². The summed E-state index contributed by atoms with van der Waals surface area (Å²) in [7, 11) is 0. The van der Waals surface area contributed by atoms with Crippen LogP contribution < -0.4 is 33.2 Å². The Morgan fingerprint density at radius 1 is 0.914 bits per heavy atom. The highest BCUT2D eigenvalue weighted by Gasteiger charge is 2.31. The minimum Gasteiger partial charge on any atom is -0.481 e. The van der Waals surface area contributed by atoms with Gasteiger partial charge in [-0.2, -0.15) is 0 Å². The van der Waals surface area contributed by atoms with E-state index < -0.39 is 66.4 Å². The second kappa shape index (κ2) is 16.2. The number of nitrogens with one attached hydrogen (secondary N) is 3. The minimum atomic E-state index is -1.49. The SMILES string of the molecule is CCC(C)C(NC(=O)C(CCCN=C(N)N)NC(=O)C(CO)NC(=O)C(N)CCC(=O)O)C(=O)O. The average molecular weight is 504 g/mol. The van der Waals surface area contributed by atoms with E-state index in [-0.39, 0.29) is 38.2 Å². The number of carboxylic acids is 2. The van der Waals surface area contributed by atoms with E-state index in [2.05, 4.69) is 20.9 Å². The number of nitrogens with two attached hydrogens (primary N) is 3. The van der Waals surface area contributed by atoms with Crippen molar-refractivity contribution in [1.29, 1.82) is 0 Å². The molecule has 0 fully saturated rings. The normalized spacial score (nSPS) is 15.0. The number of rotatable bonds is 17. The molecule has 0 aliphatic heterocycles.